The van der Waals surface area contributed by atoms with Crippen molar-refractivity contribution in [3.8, 4) is 0 Å². The van der Waals surface area contributed by atoms with Crippen molar-refractivity contribution in [2.24, 2.45) is 11.8 Å². The first-order valence-corrected chi connectivity index (χ1v) is 8.38. The normalized spacial score (nSPS) is 28.7. The van der Waals surface area contributed by atoms with Gasteiger partial charge in [-0.3, -0.25) is 0 Å². The maximum Gasteiger partial charge on any atom is 0.125 e. The zero-order chi connectivity index (χ0) is 14.8. The van der Waals surface area contributed by atoms with Crippen LogP contribution in [0.2, 0.25) is 0 Å². The van der Waals surface area contributed by atoms with Crippen LogP contribution < -0.4 is 4.90 Å². The topological polar surface area (TPSA) is 23.5 Å². The summed E-state index contributed by atoms with van der Waals surface area (Å²) in [5.74, 6) is 0.941. The first-order valence-electron chi connectivity index (χ1n) is 8.38. The molecule has 0 aromatic heterocycles. The van der Waals surface area contributed by atoms with Gasteiger partial charge in [0.25, 0.3) is 0 Å². The van der Waals surface area contributed by atoms with Crippen LogP contribution in [0.1, 0.15) is 44.6 Å². The van der Waals surface area contributed by atoms with Gasteiger partial charge in [-0.05, 0) is 49.3 Å². The van der Waals surface area contributed by atoms with Crippen LogP contribution in [0.4, 0.5) is 10.1 Å². The summed E-state index contributed by atoms with van der Waals surface area (Å²) in [6.07, 6.45) is 6.53. The molecule has 1 aromatic rings. The molecule has 1 heterocycles. The van der Waals surface area contributed by atoms with Crippen LogP contribution in [-0.2, 0) is 6.42 Å². The van der Waals surface area contributed by atoms with Crippen LogP contribution in [0, 0.1) is 17.7 Å². The Labute approximate surface area is 127 Å². The minimum absolute atomic E-state index is 0.159. The van der Waals surface area contributed by atoms with Gasteiger partial charge in [-0.15, -0.1) is 0 Å². The molecule has 1 aliphatic carbocycles. The third kappa shape index (κ3) is 3.23. The second kappa shape index (κ2) is 6.35. The number of anilines is 1. The average Bonchev–Trinajstić information content (AvgIpc) is 2.85. The quantitative estimate of drug-likeness (QED) is 0.913. The van der Waals surface area contributed by atoms with Crippen molar-refractivity contribution < 1.29 is 9.50 Å². The van der Waals surface area contributed by atoms with E-state index >= 15 is 0 Å². The monoisotopic (exact) mass is 291 g/mol. The third-order valence-corrected chi connectivity index (χ3v) is 5.24. The Bertz CT molecular complexity index is 490. The second-order valence-electron chi connectivity index (χ2n) is 6.76. The standard InChI is InChI=1S/C18H26FNO/c1-2-3-13-4-7-18(21)15(10-13)12-20-9-8-14-5-6-16(19)11-17(14)20/h5-6,11,13,15,18,21H,2-4,7-10,12H2,1H3. The van der Waals surface area contributed by atoms with Crippen molar-refractivity contribution in [2.45, 2.75) is 51.6 Å². The molecule has 2 nitrogen and oxygen atoms in total. The molecule has 0 saturated heterocycles. The Hall–Kier alpha value is -1.09. The minimum Gasteiger partial charge on any atom is -0.393 e. The van der Waals surface area contributed by atoms with E-state index in [2.05, 4.69) is 11.8 Å². The summed E-state index contributed by atoms with van der Waals surface area (Å²) in [6.45, 7) is 4.07. The molecule has 3 rings (SSSR count). The molecule has 0 amide bonds. The van der Waals surface area contributed by atoms with Crippen molar-refractivity contribution >= 4 is 5.69 Å². The highest BCUT2D eigenvalue weighted by Crippen LogP contribution is 2.35. The lowest BCUT2D eigenvalue weighted by Gasteiger charge is -2.36. The predicted octanol–water partition coefficient (Wildman–Crippen LogP) is 3.77. The van der Waals surface area contributed by atoms with Crippen LogP contribution in [0.25, 0.3) is 0 Å². The Morgan fingerprint density at radius 3 is 3.00 bits per heavy atom. The van der Waals surface area contributed by atoms with E-state index in [1.165, 1.54) is 18.4 Å². The van der Waals surface area contributed by atoms with Gasteiger partial charge in [0, 0.05) is 24.7 Å². The van der Waals surface area contributed by atoms with Gasteiger partial charge in [0.15, 0.2) is 0 Å². The summed E-state index contributed by atoms with van der Waals surface area (Å²) >= 11 is 0. The van der Waals surface area contributed by atoms with E-state index in [-0.39, 0.29) is 11.9 Å². The first kappa shape index (κ1) is 14.8. The highest BCUT2D eigenvalue weighted by molar-refractivity contribution is 5.58. The highest BCUT2D eigenvalue weighted by atomic mass is 19.1. The molecule has 1 aromatic carbocycles. The highest BCUT2D eigenvalue weighted by Gasteiger charge is 2.31. The van der Waals surface area contributed by atoms with Gasteiger partial charge in [0.05, 0.1) is 6.10 Å². The van der Waals surface area contributed by atoms with Crippen molar-refractivity contribution in [1.82, 2.24) is 0 Å². The Balaban J connectivity index is 1.68. The van der Waals surface area contributed by atoms with Crippen LogP contribution in [0.3, 0.4) is 0 Å². The lowest BCUT2D eigenvalue weighted by molar-refractivity contribution is 0.0496. The number of hydrogen-bond acceptors (Lipinski definition) is 2. The molecule has 3 atom stereocenters. The van der Waals surface area contributed by atoms with Gasteiger partial charge in [0.2, 0.25) is 0 Å². The number of aliphatic hydroxyl groups excluding tert-OH is 1. The van der Waals surface area contributed by atoms with Gasteiger partial charge in [0.1, 0.15) is 5.82 Å². The Morgan fingerprint density at radius 2 is 2.19 bits per heavy atom. The average molecular weight is 291 g/mol. The van der Waals surface area contributed by atoms with E-state index < -0.39 is 0 Å². The molecular weight excluding hydrogens is 265 g/mol. The molecule has 0 radical (unpaired) electrons. The van der Waals surface area contributed by atoms with Crippen LogP contribution in [-0.4, -0.2) is 24.3 Å². The molecule has 21 heavy (non-hydrogen) atoms. The van der Waals surface area contributed by atoms with Gasteiger partial charge >= 0.3 is 0 Å². The summed E-state index contributed by atoms with van der Waals surface area (Å²) in [5, 5.41) is 10.3. The fourth-order valence-electron chi connectivity index (χ4n) is 4.10. The van der Waals surface area contributed by atoms with Crippen molar-refractivity contribution in [3.63, 3.8) is 0 Å². The van der Waals surface area contributed by atoms with E-state index in [1.54, 1.807) is 12.1 Å². The SMILES string of the molecule is CCCC1CCC(O)C(CN2CCc3ccc(F)cc32)C1. The first-order chi connectivity index (χ1) is 10.2. The number of halogens is 1. The molecule has 1 N–H and O–H groups in total. The minimum atomic E-state index is -0.185. The number of nitrogens with zero attached hydrogens (tertiary/aromatic N) is 1. The van der Waals surface area contributed by atoms with Gasteiger partial charge in [-0.1, -0.05) is 25.8 Å². The number of fused-ring (bicyclic) bond motifs is 1. The lowest BCUT2D eigenvalue weighted by Crippen LogP contribution is -2.38. The fourth-order valence-corrected chi connectivity index (χ4v) is 4.10. The molecule has 1 aliphatic heterocycles. The van der Waals surface area contributed by atoms with Crippen molar-refractivity contribution in [2.75, 3.05) is 18.0 Å². The predicted molar refractivity (Wildman–Crippen MR) is 84.1 cm³/mol. The summed E-state index contributed by atoms with van der Waals surface area (Å²) < 4.78 is 13.5. The molecule has 1 saturated carbocycles. The Morgan fingerprint density at radius 1 is 1.33 bits per heavy atom. The molecular formula is C18H26FNO. The van der Waals surface area contributed by atoms with Crippen molar-refractivity contribution in [1.29, 1.82) is 0 Å². The zero-order valence-electron chi connectivity index (χ0n) is 12.9. The van der Waals surface area contributed by atoms with E-state index in [1.807, 2.05) is 6.07 Å². The molecule has 2 aliphatic rings. The summed E-state index contributed by atoms with van der Waals surface area (Å²) in [6, 6.07) is 5.11. The molecule has 1 fully saturated rings. The van der Waals surface area contributed by atoms with Crippen LogP contribution in [0.15, 0.2) is 18.2 Å². The molecule has 0 bridgehead atoms. The van der Waals surface area contributed by atoms with E-state index in [4.69, 9.17) is 0 Å². The summed E-state index contributed by atoms with van der Waals surface area (Å²) in [7, 11) is 0. The molecule has 3 unspecified atom stereocenters. The molecule has 116 valence electrons. The number of benzene rings is 1. The number of rotatable bonds is 4. The Kier molecular flexibility index (Phi) is 4.48. The number of aliphatic hydroxyl groups is 1. The second-order valence-corrected chi connectivity index (χ2v) is 6.76. The third-order valence-electron chi connectivity index (χ3n) is 5.24. The van der Waals surface area contributed by atoms with Crippen LogP contribution >= 0.6 is 0 Å². The zero-order valence-corrected chi connectivity index (χ0v) is 12.9. The van der Waals surface area contributed by atoms with Gasteiger partial charge in [-0.25, -0.2) is 4.39 Å². The van der Waals surface area contributed by atoms with Crippen LogP contribution in [0.5, 0.6) is 0 Å². The fraction of sp³-hybridized carbons (Fsp3) is 0.667. The van der Waals surface area contributed by atoms with E-state index in [0.29, 0.717) is 5.92 Å². The molecule has 0 spiro atoms. The lowest BCUT2D eigenvalue weighted by atomic mass is 9.77. The van der Waals surface area contributed by atoms with Gasteiger partial charge < -0.3 is 10.0 Å². The van der Waals surface area contributed by atoms with Crippen molar-refractivity contribution in [3.05, 3.63) is 29.6 Å². The maximum absolute atomic E-state index is 13.5. The maximum atomic E-state index is 13.5. The van der Waals surface area contributed by atoms with Gasteiger partial charge in [-0.2, -0.15) is 0 Å². The van der Waals surface area contributed by atoms with E-state index in [9.17, 15) is 9.50 Å². The molecule has 3 heteroatoms. The number of hydrogen-bond donors (Lipinski definition) is 1. The van der Waals surface area contributed by atoms with E-state index in [0.717, 1.165) is 50.4 Å². The summed E-state index contributed by atoms with van der Waals surface area (Å²) in [4.78, 5) is 2.28. The smallest absolute Gasteiger partial charge is 0.125 e. The summed E-state index contributed by atoms with van der Waals surface area (Å²) in [5.41, 5.74) is 2.28. The largest absolute Gasteiger partial charge is 0.393 e.